The number of aryl methyl sites for hydroxylation is 1. The molecule has 9 nitrogen and oxygen atoms in total. The number of ether oxygens (including phenoxy) is 2. The molecule has 1 aliphatic heterocycles. The zero-order valence-electron chi connectivity index (χ0n) is 20.0. The molecule has 3 aromatic rings. The van der Waals surface area contributed by atoms with Crippen LogP contribution in [0, 0.1) is 12.8 Å². The molecule has 9 heteroatoms. The third-order valence-electron chi connectivity index (χ3n) is 6.02. The van der Waals surface area contributed by atoms with Gasteiger partial charge in [0.15, 0.2) is 5.75 Å². The molecule has 1 aromatic heterocycles. The Morgan fingerprint density at radius 3 is 2.57 bits per heavy atom. The largest absolute Gasteiger partial charge is 0.505 e. The monoisotopic (exact) mass is 477 g/mol. The summed E-state index contributed by atoms with van der Waals surface area (Å²) in [6.45, 7) is 5.96. The Bertz CT molecular complexity index is 1300. The Kier molecular flexibility index (Phi) is 6.59. The molecule has 0 aliphatic carbocycles. The van der Waals surface area contributed by atoms with Crippen LogP contribution in [-0.2, 0) is 22.6 Å². The van der Waals surface area contributed by atoms with Crippen LogP contribution >= 0.6 is 0 Å². The summed E-state index contributed by atoms with van der Waals surface area (Å²) < 4.78 is 10.4. The molecule has 1 unspecified atom stereocenters. The Morgan fingerprint density at radius 2 is 1.91 bits per heavy atom. The number of hydrogen-bond donors (Lipinski definition) is 2. The summed E-state index contributed by atoms with van der Waals surface area (Å²) in [5.41, 5.74) is 2.62. The second kappa shape index (κ2) is 9.61. The quantitative estimate of drug-likeness (QED) is 0.520. The number of carbonyl (C=O) groups is 3. The number of aromatic hydroxyl groups is 1. The minimum atomic E-state index is -0.915. The average Bonchev–Trinajstić information content (AvgIpc) is 3.17. The number of phenolic OH excluding ortho intramolecular Hbond substituents is 1. The number of carbonyl (C=O) groups excluding carboxylic acids is 3. The maximum absolute atomic E-state index is 13.3. The highest BCUT2D eigenvalue weighted by Gasteiger charge is 2.37. The second-order valence-corrected chi connectivity index (χ2v) is 8.86. The molecule has 1 atom stereocenters. The van der Waals surface area contributed by atoms with Crippen molar-refractivity contribution in [2.24, 2.45) is 5.92 Å². The van der Waals surface area contributed by atoms with Crippen molar-refractivity contribution < 1.29 is 29.0 Å². The number of phenols is 1. The van der Waals surface area contributed by atoms with Crippen LogP contribution in [0.5, 0.6) is 11.5 Å². The molecule has 4 rings (SSSR count). The van der Waals surface area contributed by atoms with Crippen molar-refractivity contribution in [3.8, 4) is 11.5 Å². The van der Waals surface area contributed by atoms with Crippen molar-refractivity contribution in [2.45, 2.75) is 39.9 Å². The fourth-order valence-corrected chi connectivity index (χ4v) is 4.15. The molecule has 2 heterocycles. The van der Waals surface area contributed by atoms with E-state index in [1.165, 1.54) is 13.3 Å². The van der Waals surface area contributed by atoms with Gasteiger partial charge in [-0.15, -0.1) is 0 Å². The van der Waals surface area contributed by atoms with Crippen molar-refractivity contribution in [1.82, 2.24) is 15.2 Å². The highest BCUT2D eigenvalue weighted by molar-refractivity contribution is 6.09. The van der Waals surface area contributed by atoms with Gasteiger partial charge in [0.05, 0.1) is 19.2 Å². The number of benzene rings is 2. The fraction of sp³-hybridized carbons (Fsp3) is 0.308. The standard InChI is InChI=1S/C26H27N3O6/c1-14(2)20(25(32)34-4)28-26(33)35-23-17-6-5-11-27-21(17)22(30)19-18(23)13-29(24(19)31)12-16-9-7-15(3)8-10-16/h5-11,14,20,30H,12-13H2,1-4H3,(H,28,33). The fourth-order valence-electron chi connectivity index (χ4n) is 4.15. The summed E-state index contributed by atoms with van der Waals surface area (Å²) in [4.78, 5) is 44.0. The summed E-state index contributed by atoms with van der Waals surface area (Å²) in [5, 5.41) is 13.8. The highest BCUT2D eigenvalue weighted by Crippen LogP contribution is 2.44. The van der Waals surface area contributed by atoms with Gasteiger partial charge in [-0.1, -0.05) is 43.7 Å². The number of aromatic nitrogens is 1. The van der Waals surface area contributed by atoms with E-state index < -0.39 is 18.1 Å². The normalized spacial score (nSPS) is 13.6. The lowest BCUT2D eigenvalue weighted by Crippen LogP contribution is -2.46. The summed E-state index contributed by atoms with van der Waals surface area (Å²) in [7, 11) is 1.24. The molecule has 0 fully saturated rings. The van der Waals surface area contributed by atoms with E-state index >= 15 is 0 Å². The van der Waals surface area contributed by atoms with E-state index in [0.717, 1.165) is 11.1 Å². The maximum atomic E-state index is 13.3. The van der Waals surface area contributed by atoms with Gasteiger partial charge in [-0.2, -0.15) is 0 Å². The first-order valence-electron chi connectivity index (χ1n) is 11.2. The van der Waals surface area contributed by atoms with E-state index in [1.54, 1.807) is 30.9 Å². The van der Waals surface area contributed by atoms with Crippen LogP contribution in [0.1, 0.15) is 40.9 Å². The zero-order valence-corrected chi connectivity index (χ0v) is 20.0. The Labute approximate surface area is 202 Å². The SMILES string of the molecule is COC(=O)C(NC(=O)Oc1c2c(c(O)c3ncccc13)C(=O)N(Cc1ccc(C)cc1)C2)C(C)C. The van der Waals surface area contributed by atoms with Crippen LogP contribution in [0.4, 0.5) is 4.79 Å². The van der Waals surface area contributed by atoms with Crippen LogP contribution in [0.15, 0.2) is 42.6 Å². The summed E-state index contributed by atoms with van der Waals surface area (Å²) in [5.74, 6) is -1.37. The van der Waals surface area contributed by atoms with Gasteiger partial charge in [-0.25, -0.2) is 9.59 Å². The first-order chi connectivity index (χ1) is 16.7. The average molecular weight is 478 g/mol. The van der Waals surface area contributed by atoms with E-state index in [4.69, 9.17) is 9.47 Å². The molecule has 182 valence electrons. The maximum Gasteiger partial charge on any atom is 0.413 e. The van der Waals surface area contributed by atoms with Gasteiger partial charge in [0.2, 0.25) is 0 Å². The van der Waals surface area contributed by atoms with Crippen molar-refractivity contribution in [3.05, 3.63) is 64.8 Å². The number of fused-ring (bicyclic) bond motifs is 2. The molecule has 0 spiro atoms. The molecule has 0 saturated carbocycles. The Morgan fingerprint density at radius 1 is 1.20 bits per heavy atom. The second-order valence-electron chi connectivity index (χ2n) is 8.86. The van der Waals surface area contributed by atoms with Crippen molar-refractivity contribution >= 4 is 28.9 Å². The summed E-state index contributed by atoms with van der Waals surface area (Å²) in [6, 6.07) is 10.2. The number of nitrogens with zero attached hydrogens (tertiary/aromatic N) is 2. The van der Waals surface area contributed by atoms with Gasteiger partial charge in [-0.05, 0) is 30.5 Å². The van der Waals surface area contributed by atoms with Gasteiger partial charge in [0.1, 0.15) is 17.3 Å². The minimum absolute atomic E-state index is 0.0551. The number of rotatable bonds is 6. The number of pyridine rings is 1. The lowest BCUT2D eigenvalue weighted by atomic mass is 10.0. The lowest BCUT2D eigenvalue weighted by molar-refractivity contribution is -0.144. The Balaban J connectivity index is 1.71. The van der Waals surface area contributed by atoms with E-state index in [1.807, 2.05) is 31.2 Å². The van der Waals surface area contributed by atoms with Gasteiger partial charge in [-0.3, -0.25) is 9.78 Å². The highest BCUT2D eigenvalue weighted by atomic mass is 16.6. The van der Waals surface area contributed by atoms with Crippen LogP contribution in [-0.4, -0.2) is 46.1 Å². The third kappa shape index (κ3) is 4.62. The third-order valence-corrected chi connectivity index (χ3v) is 6.02. The first kappa shape index (κ1) is 24.0. The first-order valence-corrected chi connectivity index (χ1v) is 11.2. The number of esters is 1. The van der Waals surface area contributed by atoms with E-state index in [0.29, 0.717) is 17.5 Å². The molecule has 1 aliphatic rings. The van der Waals surface area contributed by atoms with E-state index in [9.17, 15) is 19.5 Å². The van der Waals surface area contributed by atoms with Gasteiger partial charge in [0, 0.05) is 23.7 Å². The molecule has 0 radical (unpaired) electrons. The smallest absolute Gasteiger partial charge is 0.413 e. The predicted octanol–water partition coefficient (Wildman–Crippen LogP) is 3.69. The molecular formula is C26H27N3O6. The van der Waals surface area contributed by atoms with E-state index in [-0.39, 0.29) is 40.9 Å². The number of amides is 2. The van der Waals surface area contributed by atoms with E-state index in [2.05, 4.69) is 10.3 Å². The zero-order chi connectivity index (χ0) is 25.3. The topological polar surface area (TPSA) is 118 Å². The minimum Gasteiger partial charge on any atom is -0.505 e. The van der Waals surface area contributed by atoms with Crippen LogP contribution in [0.25, 0.3) is 10.9 Å². The van der Waals surface area contributed by atoms with Crippen LogP contribution < -0.4 is 10.1 Å². The van der Waals surface area contributed by atoms with Gasteiger partial charge >= 0.3 is 12.1 Å². The molecule has 2 amide bonds. The van der Waals surface area contributed by atoms with Gasteiger partial charge < -0.3 is 24.8 Å². The number of methoxy groups -OCH3 is 1. The van der Waals surface area contributed by atoms with Crippen LogP contribution in [0.2, 0.25) is 0 Å². The summed E-state index contributed by atoms with van der Waals surface area (Å²) in [6.07, 6.45) is 0.602. The Hall–Kier alpha value is -4.14. The number of nitrogens with one attached hydrogen (secondary N) is 1. The lowest BCUT2D eigenvalue weighted by Gasteiger charge is -2.20. The molecule has 0 saturated heterocycles. The van der Waals surface area contributed by atoms with Crippen molar-refractivity contribution in [1.29, 1.82) is 0 Å². The van der Waals surface area contributed by atoms with Gasteiger partial charge in [0.25, 0.3) is 5.91 Å². The predicted molar refractivity (Wildman–Crippen MR) is 128 cm³/mol. The van der Waals surface area contributed by atoms with Crippen molar-refractivity contribution in [3.63, 3.8) is 0 Å². The molecule has 35 heavy (non-hydrogen) atoms. The molecule has 2 N–H and O–H groups in total. The number of hydrogen-bond acceptors (Lipinski definition) is 7. The summed E-state index contributed by atoms with van der Waals surface area (Å²) >= 11 is 0. The molecular weight excluding hydrogens is 450 g/mol. The van der Waals surface area contributed by atoms with Crippen LogP contribution in [0.3, 0.4) is 0 Å². The molecule has 2 aromatic carbocycles. The van der Waals surface area contributed by atoms with Crippen molar-refractivity contribution in [2.75, 3.05) is 7.11 Å². The molecule has 0 bridgehead atoms.